The van der Waals surface area contributed by atoms with Gasteiger partial charge in [0.05, 0.1) is 57.2 Å². The molecule has 1 N–H and O–H groups in total. The van der Waals surface area contributed by atoms with E-state index < -0.39 is 5.41 Å². The maximum atomic E-state index is 13.3. The second kappa shape index (κ2) is 10.2. The van der Waals surface area contributed by atoms with Crippen molar-refractivity contribution in [3.05, 3.63) is 63.3 Å². The number of nitriles is 1. The minimum atomic E-state index is -0.410. The molecule has 10 nitrogen and oxygen atoms in total. The molecule has 0 spiro atoms. The number of nitrogens with one attached hydrogen (secondary N) is 1. The molecule has 0 radical (unpaired) electrons. The fraction of sp³-hybridized carbons (Fsp3) is 0.414. The highest BCUT2D eigenvalue weighted by molar-refractivity contribution is 6.32. The molecule has 2 aromatic heterocycles. The molecule has 3 heterocycles. The van der Waals surface area contributed by atoms with Gasteiger partial charge in [0.2, 0.25) is 5.91 Å². The van der Waals surface area contributed by atoms with E-state index in [0.29, 0.717) is 64.7 Å². The molecule has 1 saturated carbocycles. The standard InChI is InChI=1S/C29H29ClN6O4/c1-17-12-35(13-18(2)40-17)27(37)14-36-28(38)20-6-4-3-5-19(20)22(34-36)11-26-32-23-9-21(30)25(10-24(23)33-26)39-16-29(15-31)7-8-29/h3-6,9-10,17-18H,7-8,11-14,16H2,1-2H3,(H,32,33). The minimum Gasteiger partial charge on any atom is -0.490 e. The van der Waals surface area contributed by atoms with E-state index in [1.54, 1.807) is 29.2 Å². The van der Waals surface area contributed by atoms with Gasteiger partial charge in [-0.05, 0) is 38.8 Å². The fourth-order valence-electron chi connectivity index (χ4n) is 5.23. The third kappa shape index (κ3) is 5.15. The number of ether oxygens (including phenoxy) is 2. The summed E-state index contributed by atoms with van der Waals surface area (Å²) in [6.07, 6.45) is 1.82. The molecule has 0 bridgehead atoms. The van der Waals surface area contributed by atoms with Crippen molar-refractivity contribution in [2.24, 2.45) is 5.41 Å². The van der Waals surface area contributed by atoms with Crippen LogP contribution in [0.2, 0.25) is 5.02 Å². The average Bonchev–Trinajstić information content (AvgIpc) is 3.61. The van der Waals surface area contributed by atoms with Crippen molar-refractivity contribution in [1.82, 2.24) is 24.6 Å². The summed E-state index contributed by atoms with van der Waals surface area (Å²) in [5, 5.41) is 15.6. The summed E-state index contributed by atoms with van der Waals surface area (Å²) in [6.45, 7) is 4.96. The van der Waals surface area contributed by atoms with Gasteiger partial charge in [-0.2, -0.15) is 10.4 Å². The van der Waals surface area contributed by atoms with Gasteiger partial charge >= 0.3 is 0 Å². The summed E-state index contributed by atoms with van der Waals surface area (Å²) in [7, 11) is 0. The second-order valence-electron chi connectivity index (χ2n) is 10.9. The van der Waals surface area contributed by atoms with Crippen molar-refractivity contribution in [2.45, 2.75) is 51.9 Å². The highest BCUT2D eigenvalue weighted by Crippen LogP contribution is 2.45. The molecule has 1 saturated heterocycles. The first-order valence-corrected chi connectivity index (χ1v) is 13.8. The number of carbonyl (C=O) groups is 1. The Labute approximate surface area is 235 Å². The van der Waals surface area contributed by atoms with Gasteiger partial charge in [0.25, 0.3) is 5.56 Å². The first kappa shape index (κ1) is 26.3. The number of rotatable bonds is 7. The van der Waals surface area contributed by atoms with Crippen LogP contribution in [0.5, 0.6) is 5.75 Å². The van der Waals surface area contributed by atoms with Gasteiger partial charge in [0.15, 0.2) is 0 Å². The van der Waals surface area contributed by atoms with Gasteiger partial charge in [-0.3, -0.25) is 9.59 Å². The van der Waals surface area contributed by atoms with Crippen molar-refractivity contribution >= 4 is 39.3 Å². The summed E-state index contributed by atoms with van der Waals surface area (Å²) in [4.78, 5) is 36.2. The lowest BCUT2D eigenvalue weighted by molar-refractivity contribution is -0.144. The van der Waals surface area contributed by atoms with Crippen LogP contribution >= 0.6 is 11.6 Å². The molecule has 40 heavy (non-hydrogen) atoms. The maximum Gasteiger partial charge on any atom is 0.275 e. The Bertz CT molecular complexity index is 1710. The molecule has 2 atom stereocenters. The summed E-state index contributed by atoms with van der Waals surface area (Å²) < 4.78 is 12.9. The number of morpholine rings is 1. The average molecular weight is 561 g/mol. The predicted molar refractivity (Wildman–Crippen MR) is 149 cm³/mol. The molecule has 2 unspecified atom stereocenters. The van der Waals surface area contributed by atoms with E-state index in [4.69, 9.17) is 26.1 Å². The Kier molecular flexibility index (Phi) is 6.72. The SMILES string of the molecule is CC1CN(C(=O)Cn2nc(Cc3nc4cc(Cl)c(OCC5(C#N)CC5)cc4[nH]3)c3ccccc3c2=O)CC(C)O1. The Morgan fingerprint density at radius 3 is 2.65 bits per heavy atom. The minimum absolute atomic E-state index is 0.0711. The van der Waals surface area contributed by atoms with Gasteiger partial charge in [-0.1, -0.05) is 29.8 Å². The number of amides is 1. The normalized spacial score (nSPS) is 20.0. The fourth-order valence-corrected chi connectivity index (χ4v) is 5.44. The smallest absolute Gasteiger partial charge is 0.275 e. The number of benzene rings is 2. The van der Waals surface area contributed by atoms with Crippen molar-refractivity contribution in [2.75, 3.05) is 19.7 Å². The number of nitrogens with zero attached hydrogens (tertiary/aromatic N) is 5. The quantitative estimate of drug-likeness (QED) is 0.364. The van der Waals surface area contributed by atoms with E-state index in [-0.39, 0.29) is 30.2 Å². The lowest BCUT2D eigenvalue weighted by Crippen LogP contribution is -2.49. The van der Waals surface area contributed by atoms with E-state index in [0.717, 1.165) is 18.4 Å². The Morgan fingerprint density at radius 2 is 1.95 bits per heavy atom. The molecular weight excluding hydrogens is 532 g/mol. The van der Waals surface area contributed by atoms with Crippen molar-refractivity contribution < 1.29 is 14.3 Å². The number of carbonyl (C=O) groups excluding carboxylic acids is 1. The monoisotopic (exact) mass is 560 g/mol. The van der Waals surface area contributed by atoms with Crippen LogP contribution in [0.3, 0.4) is 0 Å². The highest BCUT2D eigenvalue weighted by atomic mass is 35.5. The number of hydrogen-bond donors (Lipinski definition) is 1. The van der Waals surface area contributed by atoms with Crippen LogP contribution in [-0.2, 0) is 22.5 Å². The third-order valence-electron chi connectivity index (χ3n) is 7.52. The summed E-state index contributed by atoms with van der Waals surface area (Å²) in [6, 6.07) is 13.1. The molecule has 11 heteroatoms. The maximum absolute atomic E-state index is 13.3. The largest absolute Gasteiger partial charge is 0.490 e. The zero-order valence-corrected chi connectivity index (χ0v) is 23.1. The Hall–Kier alpha value is -3.94. The number of aromatic amines is 1. The molecule has 2 aromatic carbocycles. The van der Waals surface area contributed by atoms with Crippen LogP contribution in [0.15, 0.2) is 41.2 Å². The molecule has 2 aliphatic rings. The second-order valence-corrected chi connectivity index (χ2v) is 11.3. The number of H-pyrrole nitrogens is 1. The van der Waals surface area contributed by atoms with Gasteiger partial charge in [0.1, 0.15) is 24.7 Å². The predicted octanol–water partition coefficient (Wildman–Crippen LogP) is 3.84. The molecule has 1 aliphatic carbocycles. The first-order valence-electron chi connectivity index (χ1n) is 13.4. The Morgan fingerprint density at radius 1 is 1.23 bits per heavy atom. The van der Waals surface area contributed by atoms with Crippen LogP contribution in [-0.4, -0.2) is 62.5 Å². The van der Waals surface area contributed by atoms with E-state index in [1.807, 2.05) is 26.0 Å². The number of imidazole rings is 1. The molecule has 2 fully saturated rings. The van der Waals surface area contributed by atoms with E-state index in [1.165, 1.54) is 4.68 Å². The molecule has 4 aromatic rings. The first-order chi connectivity index (χ1) is 19.2. The molecule has 6 rings (SSSR count). The van der Waals surface area contributed by atoms with Gasteiger partial charge in [0, 0.05) is 24.5 Å². The van der Waals surface area contributed by atoms with Crippen molar-refractivity contribution in [1.29, 1.82) is 5.26 Å². The number of fused-ring (bicyclic) bond motifs is 2. The van der Waals surface area contributed by atoms with Crippen molar-refractivity contribution in [3.8, 4) is 11.8 Å². The van der Waals surface area contributed by atoms with Gasteiger partial charge < -0.3 is 19.4 Å². The summed E-state index contributed by atoms with van der Waals surface area (Å²) in [5.74, 6) is 0.949. The van der Waals surface area contributed by atoms with E-state index in [9.17, 15) is 14.9 Å². The van der Waals surface area contributed by atoms with Crippen molar-refractivity contribution in [3.63, 3.8) is 0 Å². The molecule has 1 aliphatic heterocycles. The molecular formula is C29H29ClN6O4. The van der Waals surface area contributed by atoms with Crippen LogP contribution in [0, 0.1) is 16.7 Å². The van der Waals surface area contributed by atoms with Crippen LogP contribution in [0.1, 0.15) is 38.2 Å². The lowest BCUT2D eigenvalue weighted by atomic mass is 10.1. The number of hydrogen-bond acceptors (Lipinski definition) is 7. The van der Waals surface area contributed by atoms with E-state index >= 15 is 0 Å². The summed E-state index contributed by atoms with van der Waals surface area (Å²) >= 11 is 6.46. The third-order valence-corrected chi connectivity index (χ3v) is 7.81. The topological polar surface area (TPSA) is 126 Å². The lowest BCUT2D eigenvalue weighted by Gasteiger charge is -2.35. The number of halogens is 1. The van der Waals surface area contributed by atoms with Crippen LogP contribution in [0.25, 0.3) is 21.8 Å². The van der Waals surface area contributed by atoms with Gasteiger partial charge in [-0.15, -0.1) is 0 Å². The van der Waals surface area contributed by atoms with Crippen LogP contribution < -0.4 is 10.3 Å². The zero-order valence-electron chi connectivity index (χ0n) is 22.3. The molecule has 1 amide bonds. The molecule has 206 valence electrons. The zero-order chi connectivity index (χ0) is 28.0. The highest BCUT2D eigenvalue weighted by Gasteiger charge is 2.44. The number of aromatic nitrogens is 4. The van der Waals surface area contributed by atoms with E-state index in [2.05, 4.69) is 16.2 Å². The summed E-state index contributed by atoms with van der Waals surface area (Å²) in [5.41, 5.74) is 1.30. The Balaban J connectivity index is 1.29. The van der Waals surface area contributed by atoms with Crippen LogP contribution in [0.4, 0.5) is 0 Å². The van der Waals surface area contributed by atoms with Gasteiger partial charge in [-0.25, -0.2) is 9.67 Å².